The highest BCUT2D eigenvalue weighted by molar-refractivity contribution is 9.10. The summed E-state index contributed by atoms with van der Waals surface area (Å²) >= 11 is 3.37. The van der Waals surface area contributed by atoms with Crippen LogP contribution in [0.3, 0.4) is 0 Å². The number of anilines is 1. The molecule has 0 radical (unpaired) electrons. The molecule has 0 aliphatic heterocycles. The van der Waals surface area contributed by atoms with E-state index in [1.54, 1.807) is 0 Å². The minimum absolute atomic E-state index is 0. The van der Waals surface area contributed by atoms with E-state index in [9.17, 15) is 4.79 Å². The Morgan fingerprint density at radius 1 is 1.44 bits per heavy atom. The number of ether oxygens (including phenoxy) is 1. The quantitative estimate of drug-likeness (QED) is 0.839. The van der Waals surface area contributed by atoms with Crippen LogP contribution in [0.4, 0.5) is 5.69 Å². The van der Waals surface area contributed by atoms with E-state index in [1.165, 1.54) is 0 Å². The van der Waals surface area contributed by atoms with E-state index in [0.717, 1.165) is 4.47 Å². The van der Waals surface area contributed by atoms with E-state index in [1.807, 2.05) is 32.2 Å². The highest BCUT2D eigenvalue weighted by Gasteiger charge is 2.08. The van der Waals surface area contributed by atoms with Crippen molar-refractivity contribution >= 4 is 39.9 Å². The molecule has 0 unspecified atom stereocenters. The van der Waals surface area contributed by atoms with Gasteiger partial charge in [0.15, 0.2) is 0 Å². The number of benzene rings is 1. The summed E-state index contributed by atoms with van der Waals surface area (Å²) in [7, 11) is 1.82. The summed E-state index contributed by atoms with van der Waals surface area (Å²) in [5, 5.41) is 5.77. The smallest absolute Gasteiger partial charge is 0.225 e. The molecule has 0 aliphatic carbocycles. The number of amides is 1. The number of halogens is 2. The predicted molar refractivity (Wildman–Crippen MR) is 79.7 cm³/mol. The second-order valence-electron chi connectivity index (χ2n) is 3.48. The SMILES string of the molecule is CCOc1ccc(Br)cc1NC(=O)CCNC.Cl. The maximum Gasteiger partial charge on any atom is 0.225 e. The van der Waals surface area contributed by atoms with Gasteiger partial charge in [0.1, 0.15) is 5.75 Å². The van der Waals surface area contributed by atoms with Gasteiger partial charge in [-0.05, 0) is 32.2 Å². The molecule has 18 heavy (non-hydrogen) atoms. The molecule has 0 fully saturated rings. The zero-order chi connectivity index (χ0) is 12.7. The number of carbonyl (C=O) groups excluding carboxylic acids is 1. The van der Waals surface area contributed by atoms with Gasteiger partial charge in [0.2, 0.25) is 5.91 Å². The van der Waals surface area contributed by atoms with E-state index in [2.05, 4.69) is 26.6 Å². The summed E-state index contributed by atoms with van der Waals surface area (Å²) in [5.41, 5.74) is 0.697. The van der Waals surface area contributed by atoms with Crippen LogP contribution in [-0.2, 0) is 4.79 Å². The second kappa shape index (κ2) is 9.19. The van der Waals surface area contributed by atoms with Gasteiger partial charge >= 0.3 is 0 Å². The van der Waals surface area contributed by atoms with Crippen LogP contribution in [0.15, 0.2) is 22.7 Å². The standard InChI is InChI=1S/C12H17BrN2O2.ClH/c1-3-17-11-5-4-9(13)8-10(11)15-12(16)6-7-14-2;/h4-5,8,14H,3,6-7H2,1-2H3,(H,15,16);1H. The van der Waals surface area contributed by atoms with E-state index < -0.39 is 0 Å². The first-order valence-electron chi connectivity index (χ1n) is 5.54. The highest BCUT2D eigenvalue weighted by Crippen LogP contribution is 2.28. The molecule has 1 amide bonds. The van der Waals surface area contributed by atoms with Crippen molar-refractivity contribution in [1.82, 2.24) is 5.32 Å². The van der Waals surface area contributed by atoms with Crippen LogP contribution in [0, 0.1) is 0 Å². The zero-order valence-electron chi connectivity index (χ0n) is 10.5. The van der Waals surface area contributed by atoms with E-state index in [0.29, 0.717) is 31.0 Å². The summed E-state index contributed by atoms with van der Waals surface area (Å²) in [6.45, 7) is 3.14. The molecule has 6 heteroatoms. The molecule has 4 nitrogen and oxygen atoms in total. The van der Waals surface area contributed by atoms with Crippen molar-refractivity contribution in [2.45, 2.75) is 13.3 Å². The van der Waals surface area contributed by atoms with Crippen LogP contribution in [0.5, 0.6) is 5.75 Å². The fraction of sp³-hybridized carbons (Fsp3) is 0.417. The molecule has 0 aromatic heterocycles. The number of nitrogens with one attached hydrogen (secondary N) is 2. The first kappa shape index (κ1) is 17.2. The Morgan fingerprint density at radius 2 is 2.17 bits per heavy atom. The molecule has 0 aliphatic rings. The second-order valence-corrected chi connectivity index (χ2v) is 4.39. The summed E-state index contributed by atoms with van der Waals surface area (Å²) in [6, 6.07) is 5.55. The first-order chi connectivity index (χ1) is 8.17. The third-order valence-electron chi connectivity index (χ3n) is 2.12. The van der Waals surface area contributed by atoms with E-state index in [-0.39, 0.29) is 18.3 Å². The van der Waals surface area contributed by atoms with Gasteiger partial charge in [0.05, 0.1) is 12.3 Å². The van der Waals surface area contributed by atoms with E-state index >= 15 is 0 Å². The summed E-state index contributed by atoms with van der Waals surface area (Å²) in [5.74, 6) is 0.659. The maximum absolute atomic E-state index is 11.6. The van der Waals surface area contributed by atoms with Crippen LogP contribution in [0.1, 0.15) is 13.3 Å². The Labute approximate surface area is 122 Å². The minimum Gasteiger partial charge on any atom is -0.492 e. The van der Waals surface area contributed by atoms with Crippen molar-refractivity contribution in [2.75, 3.05) is 25.5 Å². The zero-order valence-corrected chi connectivity index (χ0v) is 12.9. The lowest BCUT2D eigenvalue weighted by atomic mass is 10.2. The number of hydrogen-bond donors (Lipinski definition) is 2. The van der Waals surface area contributed by atoms with Crippen molar-refractivity contribution in [3.05, 3.63) is 22.7 Å². The molecule has 0 saturated heterocycles. The largest absolute Gasteiger partial charge is 0.492 e. The Morgan fingerprint density at radius 3 is 2.78 bits per heavy atom. The molecule has 102 valence electrons. The van der Waals surface area contributed by atoms with Gasteiger partial charge in [0.25, 0.3) is 0 Å². The lowest BCUT2D eigenvalue weighted by Crippen LogP contribution is -2.19. The number of rotatable bonds is 6. The normalized spacial score (nSPS) is 9.50. The fourth-order valence-electron chi connectivity index (χ4n) is 1.33. The van der Waals surface area contributed by atoms with Crippen LogP contribution in [0.2, 0.25) is 0 Å². The van der Waals surface area contributed by atoms with Crippen molar-refractivity contribution in [2.24, 2.45) is 0 Å². The molecule has 0 bridgehead atoms. The summed E-state index contributed by atoms with van der Waals surface area (Å²) in [6.07, 6.45) is 0.439. The Bertz CT molecular complexity index is 388. The summed E-state index contributed by atoms with van der Waals surface area (Å²) in [4.78, 5) is 11.6. The van der Waals surface area contributed by atoms with E-state index in [4.69, 9.17) is 4.74 Å². The minimum atomic E-state index is -0.0293. The van der Waals surface area contributed by atoms with Gasteiger partial charge in [-0.15, -0.1) is 12.4 Å². The van der Waals surface area contributed by atoms with Gasteiger partial charge in [-0.1, -0.05) is 15.9 Å². The van der Waals surface area contributed by atoms with Gasteiger partial charge in [-0.25, -0.2) is 0 Å². The molecule has 0 atom stereocenters. The van der Waals surface area contributed by atoms with Crippen molar-refractivity contribution in [3.8, 4) is 5.75 Å². The Kier molecular flexibility index (Phi) is 8.79. The van der Waals surface area contributed by atoms with Gasteiger partial charge < -0.3 is 15.4 Å². The molecule has 0 heterocycles. The van der Waals surface area contributed by atoms with Crippen molar-refractivity contribution in [3.63, 3.8) is 0 Å². The highest BCUT2D eigenvalue weighted by atomic mass is 79.9. The summed E-state index contributed by atoms with van der Waals surface area (Å²) < 4.78 is 6.35. The predicted octanol–water partition coefficient (Wildman–Crippen LogP) is 2.82. The van der Waals surface area contributed by atoms with Crippen LogP contribution in [0.25, 0.3) is 0 Å². The number of hydrogen-bond acceptors (Lipinski definition) is 3. The van der Waals surface area contributed by atoms with Crippen LogP contribution < -0.4 is 15.4 Å². The Hall–Kier alpha value is -0.780. The number of carbonyl (C=O) groups is 1. The first-order valence-corrected chi connectivity index (χ1v) is 6.33. The van der Waals surface area contributed by atoms with Crippen LogP contribution in [-0.4, -0.2) is 26.1 Å². The monoisotopic (exact) mass is 336 g/mol. The lowest BCUT2D eigenvalue weighted by Gasteiger charge is -2.11. The third kappa shape index (κ3) is 5.71. The van der Waals surface area contributed by atoms with Gasteiger partial charge in [-0.3, -0.25) is 4.79 Å². The lowest BCUT2D eigenvalue weighted by molar-refractivity contribution is -0.116. The average Bonchev–Trinajstić information content (AvgIpc) is 2.30. The van der Waals surface area contributed by atoms with Crippen molar-refractivity contribution < 1.29 is 9.53 Å². The molecule has 1 aromatic rings. The van der Waals surface area contributed by atoms with Crippen LogP contribution >= 0.6 is 28.3 Å². The third-order valence-corrected chi connectivity index (χ3v) is 2.61. The molecule has 1 rings (SSSR count). The molecule has 0 spiro atoms. The molecule has 0 saturated carbocycles. The average molecular weight is 338 g/mol. The van der Waals surface area contributed by atoms with Gasteiger partial charge in [0, 0.05) is 17.4 Å². The molecular weight excluding hydrogens is 320 g/mol. The van der Waals surface area contributed by atoms with Crippen molar-refractivity contribution in [1.29, 1.82) is 0 Å². The molecule has 2 N–H and O–H groups in total. The Balaban J connectivity index is 0.00000289. The topological polar surface area (TPSA) is 50.4 Å². The van der Waals surface area contributed by atoms with Gasteiger partial charge in [-0.2, -0.15) is 0 Å². The molecular formula is C12H18BrClN2O2. The molecule has 1 aromatic carbocycles. The maximum atomic E-state index is 11.6. The fourth-order valence-corrected chi connectivity index (χ4v) is 1.69.